The number of fused-ring (bicyclic) bond motifs is 1. The largest absolute Gasteiger partial charge is 0.494 e. The smallest absolute Gasteiger partial charge is 0.305 e. The van der Waals surface area contributed by atoms with E-state index in [0.717, 1.165) is 5.39 Å². The van der Waals surface area contributed by atoms with E-state index < -0.39 is 21.8 Å². The lowest BCUT2D eigenvalue weighted by molar-refractivity contribution is 0.0831. The van der Waals surface area contributed by atoms with Gasteiger partial charge in [-0.1, -0.05) is 24.3 Å². The number of hydrogen-bond acceptors (Lipinski definition) is 6. The summed E-state index contributed by atoms with van der Waals surface area (Å²) in [5, 5.41) is 0.802. The van der Waals surface area contributed by atoms with Crippen LogP contribution >= 0.6 is 0 Å². The summed E-state index contributed by atoms with van der Waals surface area (Å²) >= 11 is 0. The van der Waals surface area contributed by atoms with Crippen molar-refractivity contribution in [3.63, 3.8) is 0 Å². The fourth-order valence-electron chi connectivity index (χ4n) is 3.45. The summed E-state index contributed by atoms with van der Waals surface area (Å²) in [6.45, 7) is 4.06. The summed E-state index contributed by atoms with van der Waals surface area (Å²) in [6.07, 6.45) is 0. The molecule has 0 aliphatic carbocycles. The number of carbonyl (C=O) groups is 2. The van der Waals surface area contributed by atoms with Gasteiger partial charge in [0.1, 0.15) is 11.3 Å². The molecule has 0 saturated heterocycles. The molecule has 0 aliphatic heterocycles. The molecule has 3 N–H and O–H groups in total. The summed E-state index contributed by atoms with van der Waals surface area (Å²) < 4.78 is 38.8. The zero-order chi connectivity index (χ0) is 25.0. The number of furan rings is 1. The summed E-state index contributed by atoms with van der Waals surface area (Å²) in [7, 11) is -3.89. The van der Waals surface area contributed by atoms with E-state index >= 15 is 0 Å². The molecule has 180 valence electrons. The summed E-state index contributed by atoms with van der Waals surface area (Å²) in [5.74, 6) is -0.595. The average molecular weight is 494 g/mol. The van der Waals surface area contributed by atoms with Crippen LogP contribution < -0.4 is 20.3 Å². The molecule has 3 aromatic carbocycles. The highest BCUT2D eigenvalue weighted by Gasteiger charge is 2.19. The van der Waals surface area contributed by atoms with Crippen LogP contribution in [0.4, 0.5) is 5.69 Å². The highest BCUT2D eigenvalue weighted by atomic mass is 32.2. The average Bonchev–Trinajstić information content (AvgIpc) is 3.19. The van der Waals surface area contributed by atoms with Crippen LogP contribution in [0.2, 0.25) is 0 Å². The number of sulfonamides is 1. The third kappa shape index (κ3) is 5.28. The Bertz CT molecular complexity index is 1490. The van der Waals surface area contributed by atoms with Gasteiger partial charge in [0, 0.05) is 22.2 Å². The molecule has 0 unspecified atom stereocenters. The number of nitrogens with one attached hydrogen (secondary N) is 3. The number of aryl methyl sites for hydroxylation is 1. The second kappa shape index (κ2) is 9.90. The van der Waals surface area contributed by atoms with E-state index in [0.29, 0.717) is 23.5 Å². The minimum absolute atomic E-state index is 0.0456. The van der Waals surface area contributed by atoms with Gasteiger partial charge in [0.25, 0.3) is 15.9 Å². The molecule has 2 amide bonds. The summed E-state index contributed by atoms with van der Waals surface area (Å²) in [6, 6.07) is 19.1. The Labute approximate surface area is 202 Å². The molecule has 1 aromatic heterocycles. The molecule has 10 heteroatoms. The Morgan fingerprint density at radius 2 is 1.63 bits per heavy atom. The van der Waals surface area contributed by atoms with Crippen molar-refractivity contribution >= 4 is 38.5 Å². The summed E-state index contributed by atoms with van der Waals surface area (Å²) in [5.41, 5.74) is 6.18. The lowest BCUT2D eigenvalue weighted by Crippen LogP contribution is -2.41. The maximum absolute atomic E-state index is 12.7. The first-order valence-electron chi connectivity index (χ1n) is 10.7. The van der Waals surface area contributed by atoms with E-state index in [1.54, 1.807) is 31.2 Å². The Morgan fingerprint density at radius 1 is 0.914 bits per heavy atom. The molecule has 0 atom stereocenters. The minimum Gasteiger partial charge on any atom is -0.494 e. The molecular weight excluding hydrogens is 470 g/mol. The van der Waals surface area contributed by atoms with Gasteiger partial charge in [-0.2, -0.15) is 0 Å². The Hall–Kier alpha value is -4.31. The number of carbonyl (C=O) groups excluding carboxylic acids is 2. The van der Waals surface area contributed by atoms with Gasteiger partial charge in [-0.3, -0.25) is 25.2 Å². The number of anilines is 1. The number of para-hydroxylation sites is 1. The summed E-state index contributed by atoms with van der Waals surface area (Å²) in [4.78, 5) is 25.1. The standard InChI is InChI=1S/C25H23N3O6S/c1-3-33-19-11-13-20(14-12-19)35(31,32)28-18-8-6-7-17(15-18)24(29)26-27-25(30)23-16(2)21-9-4-5-10-22(21)34-23/h4-15,28H,3H2,1-2H3,(H,26,29)(H,27,30). The molecule has 1 heterocycles. The number of rotatable bonds is 7. The number of ether oxygens (including phenoxy) is 1. The molecule has 4 aromatic rings. The van der Waals surface area contributed by atoms with E-state index in [9.17, 15) is 18.0 Å². The van der Waals surface area contributed by atoms with Crippen LogP contribution in [-0.4, -0.2) is 26.8 Å². The number of amides is 2. The molecule has 0 bridgehead atoms. The van der Waals surface area contributed by atoms with Crippen molar-refractivity contribution < 1.29 is 27.2 Å². The predicted octanol–water partition coefficient (Wildman–Crippen LogP) is 4.02. The molecule has 35 heavy (non-hydrogen) atoms. The lowest BCUT2D eigenvalue weighted by atomic mass is 10.1. The SMILES string of the molecule is CCOc1ccc(S(=O)(=O)Nc2cccc(C(=O)NNC(=O)c3oc4ccccc4c3C)c2)cc1. The van der Waals surface area contributed by atoms with Gasteiger partial charge in [0.15, 0.2) is 5.76 Å². The van der Waals surface area contributed by atoms with Gasteiger partial charge in [0.05, 0.1) is 11.5 Å². The van der Waals surface area contributed by atoms with Crippen molar-refractivity contribution in [3.05, 3.63) is 89.7 Å². The first-order valence-corrected chi connectivity index (χ1v) is 12.2. The fourth-order valence-corrected chi connectivity index (χ4v) is 4.50. The van der Waals surface area contributed by atoms with Gasteiger partial charge in [-0.25, -0.2) is 8.42 Å². The molecule has 0 spiro atoms. The van der Waals surface area contributed by atoms with E-state index in [-0.39, 0.29) is 21.9 Å². The van der Waals surface area contributed by atoms with Gasteiger partial charge in [0.2, 0.25) is 0 Å². The topological polar surface area (TPSA) is 127 Å². The highest BCUT2D eigenvalue weighted by Crippen LogP contribution is 2.24. The van der Waals surface area contributed by atoms with Crippen LogP contribution in [0.3, 0.4) is 0 Å². The molecule has 4 rings (SSSR count). The number of benzene rings is 3. The van der Waals surface area contributed by atoms with E-state index in [4.69, 9.17) is 9.15 Å². The monoisotopic (exact) mass is 493 g/mol. The lowest BCUT2D eigenvalue weighted by Gasteiger charge is -2.11. The van der Waals surface area contributed by atoms with E-state index in [1.807, 2.05) is 19.1 Å². The fraction of sp³-hybridized carbons (Fsp3) is 0.120. The van der Waals surface area contributed by atoms with Crippen LogP contribution in [0, 0.1) is 6.92 Å². The highest BCUT2D eigenvalue weighted by molar-refractivity contribution is 7.92. The molecular formula is C25H23N3O6S. The van der Waals surface area contributed by atoms with Crippen LogP contribution in [0.5, 0.6) is 5.75 Å². The van der Waals surface area contributed by atoms with Gasteiger partial charge in [-0.05, 0) is 62.4 Å². The predicted molar refractivity (Wildman–Crippen MR) is 131 cm³/mol. The van der Waals surface area contributed by atoms with Gasteiger partial charge in [-0.15, -0.1) is 0 Å². The number of hydrogen-bond donors (Lipinski definition) is 3. The molecule has 0 fully saturated rings. The quantitative estimate of drug-likeness (QED) is 0.334. The molecule has 0 saturated carbocycles. The molecule has 0 aliphatic rings. The molecule has 0 radical (unpaired) electrons. The zero-order valence-electron chi connectivity index (χ0n) is 19.0. The van der Waals surface area contributed by atoms with Crippen LogP contribution in [0.1, 0.15) is 33.4 Å². The van der Waals surface area contributed by atoms with Crippen molar-refractivity contribution in [2.45, 2.75) is 18.7 Å². The second-order valence-electron chi connectivity index (χ2n) is 7.55. The maximum atomic E-state index is 12.7. The van der Waals surface area contributed by atoms with E-state index in [1.165, 1.54) is 36.4 Å². The third-order valence-corrected chi connectivity index (χ3v) is 6.56. The van der Waals surface area contributed by atoms with Crippen LogP contribution in [0.15, 0.2) is 82.1 Å². The second-order valence-corrected chi connectivity index (χ2v) is 9.23. The minimum atomic E-state index is -3.89. The first-order chi connectivity index (χ1) is 16.8. The Kier molecular flexibility index (Phi) is 6.74. The first kappa shape index (κ1) is 23.8. The van der Waals surface area contributed by atoms with Crippen LogP contribution in [-0.2, 0) is 10.0 Å². The maximum Gasteiger partial charge on any atom is 0.305 e. The Morgan fingerprint density at radius 3 is 2.34 bits per heavy atom. The van der Waals surface area contributed by atoms with Crippen molar-refractivity contribution in [1.29, 1.82) is 0 Å². The van der Waals surface area contributed by atoms with Gasteiger partial charge < -0.3 is 9.15 Å². The van der Waals surface area contributed by atoms with Crippen molar-refractivity contribution in [2.24, 2.45) is 0 Å². The van der Waals surface area contributed by atoms with Gasteiger partial charge >= 0.3 is 5.91 Å². The normalized spacial score (nSPS) is 11.1. The zero-order valence-corrected chi connectivity index (χ0v) is 19.8. The third-order valence-electron chi connectivity index (χ3n) is 5.16. The van der Waals surface area contributed by atoms with Crippen molar-refractivity contribution in [3.8, 4) is 5.75 Å². The number of hydrazine groups is 1. The Balaban J connectivity index is 1.42. The van der Waals surface area contributed by atoms with Crippen molar-refractivity contribution in [1.82, 2.24) is 10.9 Å². The van der Waals surface area contributed by atoms with E-state index in [2.05, 4.69) is 15.6 Å². The van der Waals surface area contributed by atoms with Crippen LogP contribution in [0.25, 0.3) is 11.0 Å². The molecule has 9 nitrogen and oxygen atoms in total. The van der Waals surface area contributed by atoms with Crippen molar-refractivity contribution in [2.75, 3.05) is 11.3 Å².